The van der Waals surface area contributed by atoms with Gasteiger partial charge in [-0.05, 0) is 42.4 Å². The predicted octanol–water partition coefficient (Wildman–Crippen LogP) is 3.45. The number of hydrogen-bond donors (Lipinski definition) is 2. The molecule has 4 rings (SSSR count). The first kappa shape index (κ1) is 15.2. The maximum absolute atomic E-state index is 12.4. The smallest absolute Gasteiger partial charge is 0.321 e. The van der Waals surface area contributed by atoms with Gasteiger partial charge >= 0.3 is 6.03 Å². The van der Waals surface area contributed by atoms with Crippen LogP contribution in [-0.4, -0.2) is 29.1 Å². The number of hydrogen-bond acceptors (Lipinski definition) is 2. The molecule has 2 N–H and O–H groups in total. The summed E-state index contributed by atoms with van der Waals surface area (Å²) in [5, 5.41) is 14.0. The second-order valence-electron chi connectivity index (χ2n) is 7.03. The second kappa shape index (κ2) is 5.95. The zero-order chi connectivity index (χ0) is 16.6. The Kier molecular flexibility index (Phi) is 3.77. The minimum atomic E-state index is -0.738. The highest BCUT2D eigenvalue weighted by atomic mass is 16.3. The molecule has 2 amide bonds. The molecule has 1 aliphatic carbocycles. The van der Waals surface area contributed by atoms with Gasteiger partial charge in [0.25, 0.3) is 0 Å². The summed E-state index contributed by atoms with van der Waals surface area (Å²) >= 11 is 0. The predicted molar refractivity (Wildman–Crippen MR) is 93.6 cm³/mol. The molecule has 0 aromatic heterocycles. The van der Waals surface area contributed by atoms with Crippen LogP contribution in [0.1, 0.15) is 18.4 Å². The van der Waals surface area contributed by atoms with E-state index in [1.165, 1.54) is 0 Å². The van der Waals surface area contributed by atoms with Crippen LogP contribution in [-0.2, 0) is 5.60 Å². The number of rotatable bonds is 2. The lowest BCUT2D eigenvalue weighted by molar-refractivity contribution is 0.0328. The van der Waals surface area contributed by atoms with E-state index in [4.69, 9.17) is 0 Å². The molecule has 3 atom stereocenters. The van der Waals surface area contributed by atoms with E-state index in [9.17, 15) is 9.90 Å². The Labute approximate surface area is 142 Å². The van der Waals surface area contributed by atoms with E-state index in [-0.39, 0.29) is 6.03 Å². The largest absolute Gasteiger partial charge is 0.385 e. The van der Waals surface area contributed by atoms with Crippen molar-refractivity contribution in [1.82, 2.24) is 4.90 Å². The number of fused-ring (bicyclic) bond motifs is 1. The van der Waals surface area contributed by atoms with Gasteiger partial charge in [0.1, 0.15) is 0 Å². The fraction of sp³-hybridized carbons (Fsp3) is 0.350. The molecule has 2 fully saturated rings. The number of nitrogens with one attached hydrogen (secondary N) is 1. The summed E-state index contributed by atoms with van der Waals surface area (Å²) in [4.78, 5) is 14.3. The first-order valence-electron chi connectivity index (χ1n) is 8.53. The lowest BCUT2D eigenvalue weighted by Crippen LogP contribution is -2.35. The summed E-state index contributed by atoms with van der Waals surface area (Å²) < 4.78 is 0. The summed E-state index contributed by atoms with van der Waals surface area (Å²) in [6.45, 7) is 1.44. The van der Waals surface area contributed by atoms with Gasteiger partial charge in [0.2, 0.25) is 0 Å². The fourth-order valence-corrected chi connectivity index (χ4v) is 4.23. The highest BCUT2D eigenvalue weighted by Crippen LogP contribution is 2.48. The molecule has 0 bridgehead atoms. The van der Waals surface area contributed by atoms with Crippen molar-refractivity contribution in [2.45, 2.75) is 18.4 Å². The van der Waals surface area contributed by atoms with Crippen LogP contribution in [0.3, 0.4) is 0 Å². The second-order valence-corrected chi connectivity index (χ2v) is 7.03. The third kappa shape index (κ3) is 2.78. The minimum absolute atomic E-state index is 0.0427. The minimum Gasteiger partial charge on any atom is -0.385 e. The molecule has 124 valence electrons. The lowest BCUT2D eigenvalue weighted by Gasteiger charge is -2.26. The van der Waals surface area contributed by atoms with Crippen LogP contribution in [0.2, 0.25) is 0 Å². The Morgan fingerprint density at radius 2 is 1.50 bits per heavy atom. The molecule has 2 aliphatic rings. The molecule has 1 heterocycles. The average Bonchev–Trinajstić information content (AvgIpc) is 3.12. The van der Waals surface area contributed by atoms with E-state index in [2.05, 4.69) is 5.32 Å². The number of amides is 2. The van der Waals surface area contributed by atoms with Crippen LogP contribution in [0.25, 0.3) is 0 Å². The van der Waals surface area contributed by atoms with Crippen LogP contribution in [0.15, 0.2) is 60.7 Å². The zero-order valence-electron chi connectivity index (χ0n) is 13.6. The van der Waals surface area contributed by atoms with Crippen molar-refractivity contribution in [3.05, 3.63) is 66.2 Å². The molecule has 4 nitrogen and oxygen atoms in total. The van der Waals surface area contributed by atoms with E-state index in [0.717, 1.165) is 37.2 Å². The van der Waals surface area contributed by atoms with Crippen molar-refractivity contribution in [3.8, 4) is 0 Å². The van der Waals surface area contributed by atoms with E-state index < -0.39 is 5.60 Å². The molecular formula is C20H22N2O2. The monoisotopic (exact) mass is 322 g/mol. The van der Waals surface area contributed by atoms with Gasteiger partial charge in [-0.1, -0.05) is 48.5 Å². The Morgan fingerprint density at radius 3 is 2.08 bits per heavy atom. The number of anilines is 1. The van der Waals surface area contributed by atoms with Crippen molar-refractivity contribution < 1.29 is 9.90 Å². The van der Waals surface area contributed by atoms with Gasteiger partial charge in [-0.15, -0.1) is 0 Å². The molecule has 1 aliphatic heterocycles. The van der Waals surface area contributed by atoms with Crippen LogP contribution in [0, 0.1) is 11.8 Å². The molecule has 2 aromatic rings. The Bertz CT molecular complexity index is 703. The molecule has 4 heteroatoms. The third-order valence-corrected chi connectivity index (χ3v) is 5.40. The maximum Gasteiger partial charge on any atom is 0.321 e. The van der Waals surface area contributed by atoms with Crippen molar-refractivity contribution in [2.75, 3.05) is 18.4 Å². The van der Waals surface area contributed by atoms with E-state index in [1.807, 2.05) is 65.6 Å². The fourth-order valence-electron chi connectivity index (χ4n) is 4.23. The standard InChI is InChI=1S/C20H22N2O2/c23-19(21-18-9-5-2-6-10-18)22-13-15-11-20(24,12-16(15)14-22)17-7-3-1-4-8-17/h1-10,15-16,24H,11-14H2,(H,21,23)/t15-,16+,20?. The van der Waals surface area contributed by atoms with Crippen LogP contribution >= 0.6 is 0 Å². The molecule has 0 spiro atoms. The van der Waals surface area contributed by atoms with Crippen LogP contribution < -0.4 is 5.32 Å². The number of aliphatic hydroxyl groups is 1. The van der Waals surface area contributed by atoms with Gasteiger partial charge < -0.3 is 15.3 Å². The number of benzene rings is 2. The summed E-state index contributed by atoms with van der Waals surface area (Å²) in [5.41, 5.74) is 1.08. The van der Waals surface area contributed by atoms with Gasteiger partial charge in [0.15, 0.2) is 0 Å². The number of urea groups is 1. The van der Waals surface area contributed by atoms with Gasteiger partial charge in [-0.25, -0.2) is 4.79 Å². The summed E-state index contributed by atoms with van der Waals surface area (Å²) in [7, 11) is 0. The Morgan fingerprint density at radius 1 is 0.958 bits per heavy atom. The number of likely N-dealkylation sites (tertiary alicyclic amines) is 1. The third-order valence-electron chi connectivity index (χ3n) is 5.40. The normalized spacial score (nSPS) is 28.6. The van der Waals surface area contributed by atoms with Gasteiger partial charge in [-0.3, -0.25) is 0 Å². The highest BCUT2D eigenvalue weighted by Gasteiger charge is 2.49. The maximum atomic E-state index is 12.4. The van der Waals surface area contributed by atoms with Crippen LogP contribution in [0.5, 0.6) is 0 Å². The summed E-state index contributed by atoms with van der Waals surface area (Å²) in [6.07, 6.45) is 1.47. The van der Waals surface area contributed by atoms with Crippen LogP contribution in [0.4, 0.5) is 10.5 Å². The van der Waals surface area contributed by atoms with Crippen molar-refractivity contribution >= 4 is 11.7 Å². The van der Waals surface area contributed by atoms with Gasteiger partial charge in [0, 0.05) is 18.8 Å². The SMILES string of the molecule is O=C(Nc1ccccc1)N1C[C@@H]2CC(O)(c3ccccc3)C[C@@H]2C1. The Hall–Kier alpha value is -2.33. The van der Waals surface area contributed by atoms with Crippen molar-refractivity contribution in [3.63, 3.8) is 0 Å². The molecule has 0 radical (unpaired) electrons. The molecule has 1 saturated heterocycles. The summed E-state index contributed by atoms with van der Waals surface area (Å²) in [5.74, 6) is 0.744. The first-order chi connectivity index (χ1) is 11.6. The number of carbonyl (C=O) groups is 1. The molecule has 24 heavy (non-hydrogen) atoms. The summed E-state index contributed by atoms with van der Waals surface area (Å²) in [6, 6.07) is 19.4. The molecule has 2 aromatic carbocycles. The van der Waals surface area contributed by atoms with Crippen molar-refractivity contribution in [2.24, 2.45) is 11.8 Å². The van der Waals surface area contributed by atoms with Gasteiger partial charge in [-0.2, -0.15) is 0 Å². The number of carbonyl (C=O) groups excluding carboxylic acids is 1. The topological polar surface area (TPSA) is 52.6 Å². The average molecular weight is 322 g/mol. The highest BCUT2D eigenvalue weighted by molar-refractivity contribution is 5.89. The van der Waals surface area contributed by atoms with Crippen molar-refractivity contribution in [1.29, 1.82) is 0 Å². The Balaban J connectivity index is 1.40. The zero-order valence-corrected chi connectivity index (χ0v) is 13.6. The molecular weight excluding hydrogens is 300 g/mol. The van der Waals surface area contributed by atoms with E-state index in [1.54, 1.807) is 0 Å². The number of para-hydroxylation sites is 1. The van der Waals surface area contributed by atoms with E-state index >= 15 is 0 Å². The molecule has 1 unspecified atom stereocenters. The van der Waals surface area contributed by atoms with E-state index in [0.29, 0.717) is 11.8 Å². The first-order valence-corrected chi connectivity index (χ1v) is 8.53. The van der Waals surface area contributed by atoms with Gasteiger partial charge in [0.05, 0.1) is 5.60 Å². The quantitative estimate of drug-likeness (QED) is 0.890. The molecule has 1 saturated carbocycles. The lowest BCUT2D eigenvalue weighted by atomic mass is 9.90. The number of nitrogens with zero attached hydrogens (tertiary/aromatic N) is 1.